The summed E-state index contributed by atoms with van der Waals surface area (Å²) in [5.74, 6) is -0.398. The number of benzene rings is 2. The van der Waals surface area contributed by atoms with Crippen LogP contribution in [0, 0.1) is 0 Å². The summed E-state index contributed by atoms with van der Waals surface area (Å²) in [7, 11) is 0. The molecule has 1 heterocycles. The first-order valence-corrected chi connectivity index (χ1v) is 9.78. The van der Waals surface area contributed by atoms with E-state index in [-0.39, 0.29) is 11.8 Å². The number of amides is 2. The molecule has 7 heteroatoms. The molecule has 2 amide bonds. The molecule has 0 aliphatic rings. The first-order chi connectivity index (χ1) is 12.9. The van der Waals surface area contributed by atoms with E-state index in [1.165, 1.54) is 0 Å². The molecule has 3 rings (SSSR count). The molecule has 0 fully saturated rings. The molecule has 2 aromatic carbocycles. The highest BCUT2D eigenvalue weighted by molar-refractivity contribution is 9.10. The van der Waals surface area contributed by atoms with E-state index in [2.05, 4.69) is 26.2 Å². The Morgan fingerprint density at radius 1 is 1.11 bits per heavy atom. The number of aromatic amines is 1. The van der Waals surface area contributed by atoms with Crippen molar-refractivity contribution in [3.8, 4) is 0 Å². The molecule has 1 aromatic heterocycles. The van der Waals surface area contributed by atoms with Crippen molar-refractivity contribution < 1.29 is 9.59 Å². The molecule has 0 saturated carbocycles. The van der Waals surface area contributed by atoms with Gasteiger partial charge in [0.1, 0.15) is 5.69 Å². The van der Waals surface area contributed by atoms with Crippen molar-refractivity contribution in [1.82, 2.24) is 9.88 Å². The highest BCUT2D eigenvalue weighted by Crippen LogP contribution is 2.24. The lowest BCUT2D eigenvalue weighted by Crippen LogP contribution is -2.30. The number of H-pyrrole nitrogens is 1. The van der Waals surface area contributed by atoms with Gasteiger partial charge in [-0.1, -0.05) is 33.6 Å². The average Bonchev–Trinajstić information content (AvgIpc) is 3.06. The molecule has 27 heavy (non-hydrogen) atoms. The van der Waals surface area contributed by atoms with Gasteiger partial charge in [-0.3, -0.25) is 9.59 Å². The summed E-state index contributed by atoms with van der Waals surface area (Å²) in [6, 6.07) is 12.5. The quantitative estimate of drug-likeness (QED) is 0.555. The number of aromatic nitrogens is 1. The van der Waals surface area contributed by atoms with Gasteiger partial charge >= 0.3 is 0 Å². The van der Waals surface area contributed by atoms with Crippen LogP contribution in [-0.2, 0) is 0 Å². The Labute approximate surface area is 170 Å². The van der Waals surface area contributed by atoms with E-state index in [1.807, 2.05) is 32.0 Å². The minimum Gasteiger partial charge on any atom is -0.350 e. The van der Waals surface area contributed by atoms with E-state index < -0.39 is 0 Å². The van der Waals surface area contributed by atoms with Gasteiger partial charge in [-0.15, -0.1) is 0 Å². The Balaban J connectivity index is 1.79. The van der Waals surface area contributed by atoms with Crippen molar-refractivity contribution in [1.29, 1.82) is 0 Å². The number of anilines is 1. The molecule has 2 N–H and O–H groups in total. The van der Waals surface area contributed by atoms with Gasteiger partial charge < -0.3 is 15.2 Å². The smallest absolute Gasteiger partial charge is 0.272 e. The molecular formula is C20H19BrClN3O2. The Morgan fingerprint density at radius 3 is 2.52 bits per heavy atom. The summed E-state index contributed by atoms with van der Waals surface area (Å²) in [4.78, 5) is 29.8. The molecule has 140 valence electrons. The largest absolute Gasteiger partial charge is 0.350 e. The highest BCUT2D eigenvalue weighted by Gasteiger charge is 2.17. The fourth-order valence-corrected chi connectivity index (χ4v) is 3.49. The summed E-state index contributed by atoms with van der Waals surface area (Å²) in [5, 5.41) is 4.06. The molecule has 0 atom stereocenters. The maximum atomic E-state index is 12.5. The average molecular weight is 449 g/mol. The van der Waals surface area contributed by atoms with Crippen LogP contribution < -0.4 is 5.32 Å². The van der Waals surface area contributed by atoms with Gasteiger partial charge in [-0.25, -0.2) is 0 Å². The Hall–Kier alpha value is -2.31. The number of rotatable bonds is 5. The maximum Gasteiger partial charge on any atom is 0.272 e. The van der Waals surface area contributed by atoms with Crippen molar-refractivity contribution in [2.45, 2.75) is 13.8 Å². The SMILES string of the molecule is CCN(CC)C(=O)c1ccc(NC(=O)c2cc3ccc(Br)cc3[nH]2)cc1Cl. The van der Waals surface area contributed by atoms with Crippen LogP contribution in [0.2, 0.25) is 5.02 Å². The van der Waals surface area contributed by atoms with Crippen LogP contribution >= 0.6 is 27.5 Å². The van der Waals surface area contributed by atoms with Crippen LogP contribution in [-0.4, -0.2) is 34.8 Å². The van der Waals surface area contributed by atoms with Crippen molar-refractivity contribution in [3.05, 3.63) is 63.2 Å². The molecule has 0 radical (unpaired) electrons. The standard InChI is InChI=1S/C20H19BrClN3O2/c1-3-25(4-2)20(27)15-8-7-14(11-16(15)22)23-19(26)18-9-12-5-6-13(21)10-17(12)24-18/h5-11,24H,3-4H2,1-2H3,(H,23,26). The van der Waals surface area contributed by atoms with Crippen LogP contribution in [0.25, 0.3) is 10.9 Å². The zero-order chi connectivity index (χ0) is 19.6. The van der Waals surface area contributed by atoms with E-state index >= 15 is 0 Å². The number of nitrogens with one attached hydrogen (secondary N) is 2. The van der Waals surface area contributed by atoms with E-state index in [0.29, 0.717) is 35.1 Å². The van der Waals surface area contributed by atoms with E-state index in [9.17, 15) is 9.59 Å². The molecular weight excluding hydrogens is 430 g/mol. The van der Waals surface area contributed by atoms with Crippen LogP contribution in [0.15, 0.2) is 46.9 Å². The number of carbonyl (C=O) groups excluding carboxylic acids is 2. The lowest BCUT2D eigenvalue weighted by atomic mass is 10.1. The number of fused-ring (bicyclic) bond motifs is 1. The molecule has 0 saturated heterocycles. The van der Waals surface area contributed by atoms with E-state index in [0.717, 1.165) is 15.4 Å². The number of carbonyl (C=O) groups is 2. The third-order valence-corrected chi connectivity index (χ3v) is 5.14. The predicted octanol–water partition coefficient (Wildman–Crippen LogP) is 5.32. The lowest BCUT2D eigenvalue weighted by Gasteiger charge is -2.19. The van der Waals surface area contributed by atoms with Crippen LogP contribution in [0.5, 0.6) is 0 Å². The fourth-order valence-electron chi connectivity index (χ4n) is 2.87. The molecule has 0 aliphatic heterocycles. The van der Waals surface area contributed by atoms with Crippen LogP contribution in [0.3, 0.4) is 0 Å². The van der Waals surface area contributed by atoms with Crippen LogP contribution in [0.1, 0.15) is 34.7 Å². The van der Waals surface area contributed by atoms with E-state index in [4.69, 9.17) is 11.6 Å². The summed E-state index contributed by atoms with van der Waals surface area (Å²) < 4.78 is 0.934. The van der Waals surface area contributed by atoms with E-state index in [1.54, 1.807) is 29.2 Å². The van der Waals surface area contributed by atoms with Gasteiger partial charge in [-0.2, -0.15) is 0 Å². The third kappa shape index (κ3) is 4.17. The van der Waals surface area contributed by atoms with Crippen LogP contribution in [0.4, 0.5) is 5.69 Å². The Kier molecular flexibility index (Phi) is 5.87. The van der Waals surface area contributed by atoms with Crippen molar-refractivity contribution in [2.24, 2.45) is 0 Å². The highest BCUT2D eigenvalue weighted by atomic mass is 79.9. The topological polar surface area (TPSA) is 65.2 Å². The number of hydrogen-bond acceptors (Lipinski definition) is 2. The van der Waals surface area contributed by atoms with Gasteiger partial charge in [0.2, 0.25) is 0 Å². The predicted molar refractivity (Wildman–Crippen MR) is 113 cm³/mol. The molecule has 0 bridgehead atoms. The zero-order valence-electron chi connectivity index (χ0n) is 15.0. The normalized spacial score (nSPS) is 10.8. The summed E-state index contributed by atoms with van der Waals surface area (Å²) >= 11 is 9.69. The second kappa shape index (κ2) is 8.15. The minimum absolute atomic E-state index is 0.121. The number of halogens is 2. The molecule has 3 aromatic rings. The Morgan fingerprint density at radius 2 is 1.85 bits per heavy atom. The third-order valence-electron chi connectivity index (χ3n) is 4.34. The summed E-state index contributed by atoms with van der Waals surface area (Å²) in [6.07, 6.45) is 0. The first-order valence-electron chi connectivity index (χ1n) is 8.61. The second-order valence-electron chi connectivity index (χ2n) is 6.04. The second-order valence-corrected chi connectivity index (χ2v) is 7.36. The van der Waals surface area contributed by atoms with Gasteiger partial charge in [-0.05, 0) is 50.2 Å². The molecule has 0 aliphatic carbocycles. The summed E-state index contributed by atoms with van der Waals surface area (Å²) in [5.41, 5.74) is 2.27. The summed E-state index contributed by atoms with van der Waals surface area (Å²) in [6.45, 7) is 5.06. The minimum atomic E-state index is -0.277. The molecule has 5 nitrogen and oxygen atoms in total. The van der Waals surface area contributed by atoms with Gasteiger partial charge in [0, 0.05) is 34.2 Å². The van der Waals surface area contributed by atoms with Crippen molar-refractivity contribution in [3.63, 3.8) is 0 Å². The maximum absolute atomic E-state index is 12.5. The van der Waals surface area contributed by atoms with Gasteiger partial charge in [0.15, 0.2) is 0 Å². The number of hydrogen-bond donors (Lipinski definition) is 2. The molecule has 0 unspecified atom stereocenters. The van der Waals surface area contributed by atoms with Gasteiger partial charge in [0.25, 0.3) is 11.8 Å². The first kappa shape index (κ1) is 19.5. The number of nitrogens with zero attached hydrogens (tertiary/aromatic N) is 1. The lowest BCUT2D eigenvalue weighted by molar-refractivity contribution is 0.0773. The Bertz CT molecular complexity index is 1010. The molecule has 0 spiro atoms. The van der Waals surface area contributed by atoms with Gasteiger partial charge in [0.05, 0.1) is 10.6 Å². The zero-order valence-corrected chi connectivity index (χ0v) is 17.3. The van der Waals surface area contributed by atoms with Crippen molar-refractivity contribution >= 4 is 55.9 Å². The van der Waals surface area contributed by atoms with Crippen molar-refractivity contribution in [2.75, 3.05) is 18.4 Å². The fraction of sp³-hybridized carbons (Fsp3) is 0.200. The monoisotopic (exact) mass is 447 g/mol.